The summed E-state index contributed by atoms with van der Waals surface area (Å²) >= 11 is 0. The van der Waals surface area contributed by atoms with Crippen LogP contribution in [0.4, 0.5) is 0 Å². The van der Waals surface area contributed by atoms with E-state index < -0.39 is 0 Å². The number of aryl methyl sites for hydroxylation is 1. The minimum absolute atomic E-state index is 0.149. The van der Waals surface area contributed by atoms with E-state index in [1.807, 2.05) is 6.92 Å². The highest BCUT2D eigenvalue weighted by atomic mass is 16.5. The third kappa shape index (κ3) is 6.70. The van der Waals surface area contributed by atoms with E-state index in [0.717, 1.165) is 31.1 Å². The van der Waals surface area contributed by atoms with Crippen LogP contribution in [0.25, 0.3) is 10.8 Å². The molecular weight excluding hydrogens is 386 g/mol. The molecule has 2 aromatic carbocycles. The molecule has 0 atom stereocenters. The highest BCUT2D eigenvalue weighted by molar-refractivity contribution is 5.87. The van der Waals surface area contributed by atoms with Gasteiger partial charge in [-0.3, -0.25) is 4.79 Å². The molecule has 0 aliphatic heterocycles. The minimum atomic E-state index is -0.149. The first-order valence-corrected chi connectivity index (χ1v) is 11.8. The lowest BCUT2D eigenvalue weighted by molar-refractivity contribution is -0.142. The summed E-state index contributed by atoms with van der Waals surface area (Å²) in [5.41, 5.74) is 2.86. The standard InChI is InChI=1S/C27H39NO3/c1-6-30-26(29)13-14-28-18-20-7-8-21-17-24(15-19(2)25(21)16-20)31-23-11-9-22(10-12-23)27(3,4)5/h7-8,15-17,22-23,28H,6,9-14,18H2,1-5H3. The summed E-state index contributed by atoms with van der Waals surface area (Å²) in [6.07, 6.45) is 5.54. The van der Waals surface area contributed by atoms with Crippen molar-refractivity contribution in [1.29, 1.82) is 0 Å². The fourth-order valence-electron chi connectivity index (χ4n) is 4.63. The normalized spacial score (nSPS) is 19.4. The highest BCUT2D eigenvalue weighted by Gasteiger charge is 2.30. The van der Waals surface area contributed by atoms with E-state index >= 15 is 0 Å². The topological polar surface area (TPSA) is 47.6 Å². The van der Waals surface area contributed by atoms with Crippen molar-refractivity contribution in [3.63, 3.8) is 0 Å². The van der Waals surface area contributed by atoms with Gasteiger partial charge in [-0.25, -0.2) is 0 Å². The first-order chi connectivity index (χ1) is 14.8. The van der Waals surface area contributed by atoms with Gasteiger partial charge in [0.15, 0.2) is 0 Å². The Hall–Kier alpha value is -2.07. The van der Waals surface area contributed by atoms with E-state index in [2.05, 4.69) is 63.3 Å². The van der Waals surface area contributed by atoms with Crippen LogP contribution >= 0.6 is 0 Å². The third-order valence-electron chi connectivity index (χ3n) is 6.54. The van der Waals surface area contributed by atoms with Crippen molar-refractivity contribution >= 4 is 16.7 Å². The molecule has 0 spiro atoms. The maximum atomic E-state index is 11.4. The van der Waals surface area contributed by atoms with E-state index in [0.29, 0.717) is 31.1 Å². The number of benzene rings is 2. The summed E-state index contributed by atoms with van der Waals surface area (Å²) in [6, 6.07) is 10.9. The molecule has 4 heteroatoms. The zero-order valence-corrected chi connectivity index (χ0v) is 19.9. The molecule has 3 rings (SSSR count). The molecule has 1 fully saturated rings. The Labute approximate surface area is 187 Å². The highest BCUT2D eigenvalue weighted by Crippen LogP contribution is 2.39. The maximum absolute atomic E-state index is 11.4. The van der Waals surface area contributed by atoms with E-state index in [9.17, 15) is 4.79 Å². The average molecular weight is 426 g/mol. The average Bonchev–Trinajstić information content (AvgIpc) is 2.71. The Balaban J connectivity index is 1.57. The monoisotopic (exact) mass is 425 g/mol. The molecule has 0 radical (unpaired) electrons. The van der Waals surface area contributed by atoms with Crippen molar-refractivity contribution in [3.05, 3.63) is 41.5 Å². The fraction of sp³-hybridized carbons (Fsp3) is 0.593. The summed E-state index contributed by atoms with van der Waals surface area (Å²) in [5.74, 6) is 1.64. The van der Waals surface area contributed by atoms with Gasteiger partial charge in [-0.1, -0.05) is 32.9 Å². The van der Waals surface area contributed by atoms with Crippen molar-refractivity contribution in [2.45, 2.75) is 79.4 Å². The van der Waals surface area contributed by atoms with Gasteiger partial charge in [0.05, 0.1) is 19.1 Å². The molecule has 170 valence electrons. The number of esters is 1. The molecule has 1 aliphatic rings. The Morgan fingerprint density at radius 1 is 1.10 bits per heavy atom. The van der Waals surface area contributed by atoms with E-state index in [-0.39, 0.29) is 5.97 Å². The number of carbonyl (C=O) groups excluding carboxylic acids is 1. The van der Waals surface area contributed by atoms with Crippen LogP contribution in [0.3, 0.4) is 0 Å². The molecule has 4 nitrogen and oxygen atoms in total. The van der Waals surface area contributed by atoms with Crippen LogP contribution < -0.4 is 10.1 Å². The lowest BCUT2D eigenvalue weighted by Crippen LogP contribution is -2.30. The van der Waals surface area contributed by atoms with E-state index in [1.54, 1.807) is 0 Å². The molecule has 2 aromatic rings. The van der Waals surface area contributed by atoms with Gasteiger partial charge in [-0.15, -0.1) is 0 Å². The number of fused-ring (bicyclic) bond motifs is 1. The summed E-state index contributed by atoms with van der Waals surface area (Å²) < 4.78 is 11.4. The number of carbonyl (C=O) groups is 1. The molecule has 1 N–H and O–H groups in total. The van der Waals surface area contributed by atoms with Crippen molar-refractivity contribution in [1.82, 2.24) is 5.32 Å². The Bertz CT molecular complexity index is 876. The number of nitrogens with one attached hydrogen (secondary N) is 1. The van der Waals surface area contributed by atoms with Crippen molar-refractivity contribution in [3.8, 4) is 5.75 Å². The predicted octanol–water partition coefficient (Wildman–Crippen LogP) is 6.17. The van der Waals surface area contributed by atoms with Gasteiger partial charge in [0, 0.05) is 13.1 Å². The molecule has 1 saturated carbocycles. The SMILES string of the molecule is CCOC(=O)CCNCc1ccc2cc(OC3CCC(C(C)(C)C)CC3)cc(C)c2c1. The summed E-state index contributed by atoms with van der Waals surface area (Å²) in [5, 5.41) is 5.80. The Morgan fingerprint density at radius 2 is 1.84 bits per heavy atom. The second kappa shape index (κ2) is 10.5. The van der Waals surface area contributed by atoms with Gasteiger partial charge in [0.2, 0.25) is 0 Å². The summed E-state index contributed by atoms with van der Waals surface area (Å²) in [4.78, 5) is 11.4. The Kier molecular flexibility index (Phi) is 7.99. The van der Waals surface area contributed by atoms with Crippen molar-refractivity contribution < 1.29 is 14.3 Å². The van der Waals surface area contributed by atoms with Crippen LogP contribution in [0.1, 0.15) is 70.9 Å². The molecule has 0 amide bonds. The molecule has 0 heterocycles. The third-order valence-corrected chi connectivity index (χ3v) is 6.54. The number of ether oxygens (including phenoxy) is 2. The van der Waals surface area contributed by atoms with Crippen LogP contribution in [-0.4, -0.2) is 25.2 Å². The van der Waals surface area contributed by atoms with Crippen LogP contribution in [-0.2, 0) is 16.1 Å². The second-order valence-corrected chi connectivity index (χ2v) is 9.98. The van der Waals surface area contributed by atoms with Crippen LogP contribution in [0.5, 0.6) is 5.75 Å². The number of hydrogen-bond acceptors (Lipinski definition) is 4. The van der Waals surface area contributed by atoms with Gasteiger partial charge < -0.3 is 14.8 Å². The molecular formula is C27H39NO3. The van der Waals surface area contributed by atoms with E-state index in [4.69, 9.17) is 9.47 Å². The lowest BCUT2D eigenvalue weighted by atomic mass is 9.72. The van der Waals surface area contributed by atoms with Gasteiger partial charge in [0.25, 0.3) is 0 Å². The fourth-order valence-corrected chi connectivity index (χ4v) is 4.63. The molecule has 0 bridgehead atoms. The van der Waals surface area contributed by atoms with Crippen molar-refractivity contribution in [2.24, 2.45) is 11.3 Å². The minimum Gasteiger partial charge on any atom is -0.490 e. The maximum Gasteiger partial charge on any atom is 0.307 e. The molecule has 0 unspecified atom stereocenters. The van der Waals surface area contributed by atoms with Crippen molar-refractivity contribution in [2.75, 3.05) is 13.2 Å². The van der Waals surface area contributed by atoms with Gasteiger partial charge >= 0.3 is 5.97 Å². The molecule has 0 aromatic heterocycles. The zero-order valence-electron chi connectivity index (χ0n) is 19.9. The predicted molar refractivity (Wildman–Crippen MR) is 127 cm³/mol. The summed E-state index contributed by atoms with van der Waals surface area (Å²) in [7, 11) is 0. The Morgan fingerprint density at radius 3 is 2.52 bits per heavy atom. The van der Waals surface area contributed by atoms with Gasteiger partial charge in [0.1, 0.15) is 5.75 Å². The second-order valence-electron chi connectivity index (χ2n) is 9.98. The van der Waals surface area contributed by atoms with E-state index in [1.165, 1.54) is 34.7 Å². The quantitative estimate of drug-likeness (QED) is 0.405. The van der Waals surface area contributed by atoms with Gasteiger partial charge in [-0.2, -0.15) is 0 Å². The molecule has 31 heavy (non-hydrogen) atoms. The number of rotatable bonds is 8. The lowest BCUT2D eigenvalue weighted by Gasteiger charge is -2.37. The smallest absolute Gasteiger partial charge is 0.307 e. The van der Waals surface area contributed by atoms with Crippen LogP contribution in [0.15, 0.2) is 30.3 Å². The van der Waals surface area contributed by atoms with Crippen LogP contribution in [0, 0.1) is 18.3 Å². The number of hydrogen-bond donors (Lipinski definition) is 1. The molecule has 1 aliphatic carbocycles. The largest absolute Gasteiger partial charge is 0.490 e. The summed E-state index contributed by atoms with van der Waals surface area (Å²) in [6.45, 7) is 12.9. The molecule has 0 saturated heterocycles. The van der Waals surface area contributed by atoms with Gasteiger partial charge in [-0.05, 0) is 91.0 Å². The first kappa shape index (κ1) is 23.6. The zero-order chi connectivity index (χ0) is 22.4. The first-order valence-electron chi connectivity index (χ1n) is 11.8. The van der Waals surface area contributed by atoms with Crippen LogP contribution in [0.2, 0.25) is 0 Å².